The summed E-state index contributed by atoms with van der Waals surface area (Å²) in [6.07, 6.45) is -0.0481. The zero-order chi connectivity index (χ0) is 21.8. The Morgan fingerprint density at radius 2 is 1.57 bits per heavy atom. The van der Waals surface area contributed by atoms with Gasteiger partial charge < -0.3 is 4.90 Å². The number of anilines is 1. The highest BCUT2D eigenvalue weighted by Gasteiger charge is 2.63. The van der Waals surface area contributed by atoms with Gasteiger partial charge in [-0.15, -0.1) is 0 Å². The van der Waals surface area contributed by atoms with Gasteiger partial charge >= 0.3 is 6.03 Å². The van der Waals surface area contributed by atoms with E-state index in [2.05, 4.69) is 0 Å². The van der Waals surface area contributed by atoms with Crippen molar-refractivity contribution in [2.24, 2.45) is 5.41 Å². The first-order valence-corrected chi connectivity index (χ1v) is 9.35. The van der Waals surface area contributed by atoms with Crippen molar-refractivity contribution in [2.75, 3.05) is 26.0 Å². The third-order valence-corrected chi connectivity index (χ3v) is 6.04. The number of non-ortho nitro benzene ring substituents is 1. The van der Waals surface area contributed by atoms with Crippen LogP contribution in [0.4, 0.5) is 16.2 Å². The lowest BCUT2D eigenvalue weighted by Gasteiger charge is -2.52. The number of nitro groups is 1. The summed E-state index contributed by atoms with van der Waals surface area (Å²) in [4.78, 5) is 53.9. The molecule has 2 aromatic rings. The Morgan fingerprint density at radius 3 is 2.13 bits per heavy atom. The first kappa shape index (κ1) is 19.6. The van der Waals surface area contributed by atoms with Crippen LogP contribution in [-0.4, -0.2) is 53.7 Å². The molecule has 0 aromatic heterocycles. The largest absolute Gasteiger partial charge is 0.366 e. The van der Waals surface area contributed by atoms with Gasteiger partial charge in [0.2, 0.25) is 11.8 Å². The van der Waals surface area contributed by atoms with Crippen molar-refractivity contribution in [1.29, 1.82) is 0 Å². The molecule has 2 aliphatic rings. The molecule has 0 N–H and O–H groups in total. The van der Waals surface area contributed by atoms with Gasteiger partial charge in [0, 0.05) is 45.4 Å². The maximum Gasteiger partial charge on any atom is 0.332 e. The number of nitrogens with zero attached hydrogens (tertiary/aromatic N) is 4. The first-order chi connectivity index (χ1) is 14.2. The van der Waals surface area contributed by atoms with Crippen molar-refractivity contribution in [3.63, 3.8) is 0 Å². The van der Waals surface area contributed by atoms with Crippen LogP contribution >= 0.6 is 0 Å². The topological polar surface area (TPSA) is 104 Å². The van der Waals surface area contributed by atoms with Gasteiger partial charge in [-0.25, -0.2) is 4.79 Å². The van der Waals surface area contributed by atoms with Gasteiger partial charge in [-0.3, -0.25) is 29.5 Å². The summed E-state index contributed by atoms with van der Waals surface area (Å²) in [5.74, 6) is -1.23. The van der Waals surface area contributed by atoms with E-state index < -0.39 is 34.2 Å². The minimum absolute atomic E-state index is 0.0481. The Morgan fingerprint density at radius 1 is 0.967 bits per heavy atom. The second kappa shape index (κ2) is 6.65. The smallest absolute Gasteiger partial charge is 0.332 e. The molecule has 0 bridgehead atoms. The maximum absolute atomic E-state index is 13.5. The number of barbiturate groups is 1. The van der Waals surface area contributed by atoms with E-state index in [9.17, 15) is 24.5 Å². The highest BCUT2D eigenvalue weighted by atomic mass is 16.6. The van der Waals surface area contributed by atoms with Crippen LogP contribution in [0.15, 0.2) is 48.5 Å². The Labute approximate surface area is 172 Å². The molecule has 4 amide bonds. The van der Waals surface area contributed by atoms with Gasteiger partial charge in [0.05, 0.1) is 11.0 Å². The van der Waals surface area contributed by atoms with E-state index >= 15 is 0 Å². The summed E-state index contributed by atoms with van der Waals surface area (Å²) in [7, 11) is 4.45. The molecule has 154 valence electrons. The normalized spacial score (nSPS) is 20.6. The van der Waals surface area contributed by atoms with Crippen molar-refractivity contribution in [3.8, 4) is 0 Å². The standard InChI is InChI=1S/C21H20N4O5/c1-22-16-10-9-15(25(29)30)11-14(16)12-21(17(22)13-7-5-4-6-8-13)18(26)23(2)20(28)24(3)19(21)27/h4-11,17H,12H2,1-3H3/t17-/m0/s1. The molecule has 9 heteroatoms. The fourth-order valence-corrected chi connectivity index (χ4v) is 4.66. The quantitative estimate of drug-likeness (QED) is 0.429. The Bertz CT molecular complexity index is 1060. The Balaban J connectivity index is 2.00. The molecule has 1 spiro atoms. The summed E-state index contributed by atoms with van der Waals surface area (Å²) in [6.45, 7) is 0. The lowest BCUT2D eigenvalue weighted by molar-refractivity contribution is -0.384. The maximum atomic E-state index is 13.5. The summed E-state index contributed by atoms with van der Waals surface area (Å²) in [6, 6.07) is 12.2. The van der Waals surface area contributed by atoms with Gasteiger partial charge in [0.15, 0.2) is 5.41 Å². The van der Waals surface area contributed by atoms with Gasteiger partial charge in [-0.05, 0) is 17.2 Å². The molecule has 0 aliphatic carbocycles. The molecule has 9 nitrogen and oxygen atoms in total. The third kappa shape index (κ3) is 2.51. The number of carbonyl (C=O) groups excluding carboxylic acids is 3. The fourth-order valence-electron chi connectivity index (χ4n) is 4.66. The first-order valence-electron chi connectivity index (χ1n) is 9.35. The van der Waals surface area contributed by atoms with E-state index in [1.807, 2.05) is 30.3 Å². The third-order valence-electron chi connectivity index (χ3n) is 6.04. The number of benzene rings is 2. The van der Waals surface area contributed by atoms with Crippen molar-refractivity contribution < 1.29 is 19.3 Å². The van der Waals surface area contributed by atoms with E-state index in [-0.39, 0.29) is 12.1 Å². The zero-order valence-electron chi connectivity index (χ0n) is 16.7. The molecule has 1 atom stereocenters. The predicted octanol–water partition coefficient (Wildman–Crippen LogP) is 2.37. The molecule has 4 rings (SSSR count). The van der Waals surface area contributed by atoms with Crippen molar-refractivity contribution in [1.82, 2.24) is 9.80 Å². The number of rotatable bonds is 2. The predicted molar refractivity (Wildman–Crippen MR) is 108 cm³/mol. The van der Waals surface area contributed by atoms with Gasteiger partial charge in [0.1, 0.15) is 0 Å². The molecule has 1 saturated heterocycles. The van der Waals surface area contributed by atoms with E-state index in [1.165, 1.54) is 26.2 Å². The molecule has 2 aromatic carbocycles. The van der Waals surface area contributed by atoms with Crippen LogP contribution < -0.4 is 4.90 Å². The second-order valence-electron chi connectivity index (χ2n) is 7.65. The molecule has 2 heterocycles. The Kier molecular flexibility index (Phi) is 4.34. The average Bonchev–Trinajstić information content (AvgIpc) is 2.75. The summed E-state index contributed by atoms with van der Waals surface area (Å²) in [5, 5.41) is 11.3. The van der Waals surface area contributed by atoms with Crippen LogP contribution in [0.5, 0.6) is 0 Å². The van der Waals surface area contributed by atoms with Crippen molar-refractivity contribution in [3.05, 3.63) is 69.8 Å². The summed E-state index contributed by atoms with van der Waals surface area (Å²) >= 11 is 0. The summed E-state index contributed by atoms with van der Waals surface area (Å²) < 4.78 is 0. The van der Waals surface area contributed by atoms with E-state index in [4.69, 9.17) is 0 Å². The monoisotopic (exact) mass is 408 g/mol. The number of amides is 4. The molecule has 0 radical (unpaired) electrons. The number of urea groups is 1. The minimum Gasteiger partial charge on any atom is -0.366 e. The van der Waals surface area contributed by atoms with Gasteiger partial charge in [-0.2, -0.15) is 0 Å². The number of hydrogen-bond acceptors (Lipinski definition) is 6. The number of imide groups is 2. The van der Waals surface area contributed by atoms with E-state index in [0.29, 0.717) is 11.3 Å². The van der Waals surface area contributed by atoms with Crippen LogP contribution in [0, 0.1) is 15.5 Å². The lowest BCUT2D eigenvalue weighted by atomic mass is 9.66. The van der Waals surface area contributed by atoms with Crippen LogP contribution in [-0.2, 0) is 16.0 Å². The minimum atomic E-state index is -1.63. The summed E-state index contributed by atoms with van der Waals surface area (Å²) in [5.41, 5.74) is 0.195. The van der Waals surface area contributed by atoms with Crippen molar-refractivity contribution >= 4 is 29.2 Å². The zero-order valence-corrected chi connectivity index (χ0v) is 16.7. The van der Waals surface area contributed by atoms with Crippen LogP contribution in [0.1, 0.15) is 17.2 Å². The number of hydrogen-bond donors (Lipinski definition) is 0. The molecule has 30 heavy (non-hydrogen) atoms. The van der Waals surface area contributed by atoms with Crippen molar-refractivity contribution in [2.45, 2.75) is 12.5 Å². The molecule has 0 unspecified atom stereocenters. The fraction of sp³-hybridized carbons (Fsp3) is 0.286. The highest BCUT2D eigenvalue weighted by molar-refractivity contribution is 6.20. The number of carbonyl (C=O) groups is 3. The van der Waals surface area contributed by atoms with Crippen LogP contribution in [0.3, 0.4) is 0 Å². The van der Waals surface area contributed by atoms with Gasteiger partial charge in [0.25, 0.3) is 5.69 Å². The SMILES string of the molecule is CN1C(=O)N(C)C(=O)C2(Cc3cc([N+](=O)[O-])ccc3N(C)[C@H]2c2ccccc2)C1=O. The van der Waals surface area contributed by atoms with E-state index in [1.54, 1.807) is 18.0 Å². The highest BCUT2D eigenvalue weighted by Crippen LogP contribution is 2.52. The molecule has 1 fully saturated rings. The van der Waals surface area contributed by atoms with Gasteiger partial charge in [-0.1, -0.05) is 30.3 Å². The lowest BCUT2D eigenvalue weighted by Crippen LogP contribution is -2.68. The number of nitro benzene ring substituents is 1. The molecular formula is C21H20N4O5. The Hall–Kier alpha value is -3.75. The average molecular weight is 408 g/mol. The molecule has 2 aliphatic heterocycles. The molecular weight excluding hydrogens is 388 g/mol. The van der Waals surface area contributed by atoms with E-state index in [0.717, 1.165) is 15.4 Å². The number of fused-ring (bicyclic) bond motifs is 1. The molecule has 0 saturated carbocycles. The van der Waals surface area contributed by atoms with Crippen LogP contribution in [0.2, 0.25) is 0 Å². The van der Waals surface area contributed by atoms with Crippen LogP contribution in [0.25, 0.3) is 0 Å². The second-order valence-corrected chi connectivity index (χ2v) is 7.65.